The minimum atomic E-state index is -1.29. The van der Waals surface area contributed by atoms with Crippen molar-refractivity contribution in [2.24, 2.45) is 11.8 Å². The van der Waals surface area contributed by atoms with E-state index in [1.807, 2.05) is 48.5 Å². The number of ether oxygens (including phenoxy) is 1. The van der Waals surface area contributed by atoms with Gasteiger partial charge in [-0.15, -0.1) is 6.58 Å². The number of carbonyl (C=O) groups is 3. The lowest BCUT2D eigenvalue weighted by atomic mass is 9.70. The van der Waals surface area contributed by atoms with E-state index in [2.05, 4.69) is 6.58 Å². The Morgan fingerprint density at radius 1 is 1.10 bits per heavy atom. The molecule has 0 aliphatic carbocycles. The highest BCUT2D eigenvalue weighted by Gasteiger charge is 2.75. The van der Waals surface area contributed by atoms with Gasteiger partial charge in [-0.3, -0.25) is 14.4 Å². The Bertz CT molecular complexity index is 1460. The fourth-order valence-corrected chi connectivity index (χ4v) is 6.96. The van der Waals surface area contributed by atoms with E-state index < -0.39 is 54.1 Å². The first-order chi connectivity index (χ1) is 18.9. The van der Waals surface area contributed by atoms with Crippen LogP contribution in [0.3, 0.4) is 0 Å². The third-order valence-electron chi connectivity index (χ3n) is 8.57. The number of likely N-dealkylation sites (tertiary alicyclic amines) is 1. The van der Waals surface area contributed by atoms with Gasteiger partial charge in [0.05, 0.1) is 30.6 Å². The molecular formula is C31H30N2O6. The van der Waals surface area contributed by atoms with Gasteiger partial charge in [0, 0.05) is 12.2 Å². The van der Waals surface area contributed by atoms with Crippen molar-refractivity contribution in [2.45, 2.75) is 36.6 Å². The lowest BCUT2D eigenvalue weighted by Crippen LogP contribution is -2.57. The molecule has 8 nitrogen and oxygen atoms in total. The van der Waals surface area contributed by atoms with Crippen molar-refractivity contribution in [1.82, 2.24) is 4.90 Å². The molecule has 0 unspecified atom stereocenters. The number of anilines is 1. The molecule has 3 saturated heterocycles. The number of nitrogens with zero attached hydrogens (tertiary/aromatic N) is 2. The maximum atomic E-state index is 14.7. The minimum Gasteiger partial charge on any atom is -0.481 e. The van der Waals surface area contributed by atoms with E-state index in [0.717, 1.165) is 10.8 Å². The number of fused-ring (bicyclic) bond motifs is 2. The zero-order chi connectivity index (χ0) is 27.3. The van der Waals surface area contributed by atoms with Gasteiger partial charge >= 0.3 is 5.97 Å². The number of aliphatic hydroxyl groups is 1. The first-order valence-electron chi connectivity index (χ1n) is 13.2. The van der Waals surface area contributed by atoms with Crippen molar-refractivity contribution in [1.29, 1.82) is 0 Å². The summed E-state index contributed by atoms with van der Waals surface area (Å²) >= 11 is 0. The second-order valence-corrected chi connectivity index (χ2v) is 10.5. The maximum Gasteiger partial charge on any atom is 0.310 e. The second-order valence-electron chi connectivity index (χ2n) is 10.5. The summed E-state index contributed by atoms with van der Waals surface area (Å²) < 4.78 is 6.36. The number of hydrogen-bond donors (Lipinski definition) is 2. The maximum absolute atomic E-state index is 14.7. The van der Waals surface area contributed by atoms with Crippen LogP contribution in [0, 0.1) is 11.8 Å². The van der Waals surface area contributed by atoms with Crippen molar-refractivity contribution in [3.05, 3.63) is 91.0 Å². The fraction of sp³-hybridized carbons (Fsp3) is 0.323. The van der Waals surface area contributed by atoms with E-state index in [-0.39, 0.29) is 12.5 Å². The van der Waals surface area contributed by atoms with E-state index in [0.29, 0.717) is 24.1 Å². The Morgan fingerprint density at radius 2 is 1.82 bits per heavy atom. The van der Waals surface area contributed by atoms with E-state index in [4.69, 9.17) is 4.74 Å². The summed E-state index contributed by atoms with van der Waals surface area (Å²) in [5.41, 5.74) is -0.00116. The molecule has 2 amide bonds. The van der Waals surface area contributed by atoms with Crippen LogP contribution in [-0.4, -0.2) is 63.8 Å². The highest BCUT2D eigenvalue weighted by atomic mass is 16.5. The number of amides is 2. The standard InChI is InChI=1S/C31H30N2O6/c1-2-16-32(22-13-12-19-8-6-7-11-21(19)17-22)29(36)27-31-15-14-24(39-31)25(30(37)38)26(31)28(35)33(27)23(18-34)20-9-4-3-5-10-20/h2-13,17,23-27,34H,1,14-16,18H2,(H,37,38)/t23-,24+,25-,26-,27+,31-/m1/s1. The lowest BCUT2D eigenvalue weighted by Gasteiger charge is -2.39. The lowest BCUT2D eigenvalue weighted by molar-refractivity contribution is -0.151. The smallest absolute Gasteiger partial charge is 0.310 e. The molecule has 0 radical (unpaired) electrons. The van der Waals surface area contributed by atoms with Crippen molar-refractivity contribution in [3.63, 3.8) is 0 Å². The first-order valence-corrected chi connectivity index (χ1v) is 13.2. The van der Waals surface area contributed by atoms with Gasteiger partial charge in [-0.1, -0.05) is 66.7 Å². The van der Waals surface area contributed by atoms with Crippen molar-refractivity contribution < 1.29 is 29.3 Å². The molecule has 1 spiro atoms. The van der Waals surface area contributed by atoms with E-state index in [9.17, 15) is 24.6 Å². The third kappa shape index (κ3) is 3.78. The van der Waals surface area contributed by atoms with E-state index in [1.165, 1.54) is 4.90 Å². The van der Waals surface area contributed by atoms with Crippen LogP contribution in [-0.2, 0) is 19.1 Å². The number of carboxylic acid groups (broad SMARTS) is 1. The average Bonchev–Trinajstić information content (AvgIpc) is 3.60. The van der Waals surface area contributed by atoms with Gasteiger partial charge in [0.1, 0.15) is 11.6 Å². The number of carboxylic acids is 1. The molecule has 0 aromatic heterocycles. The van der Waals surface area contributed by atoms with Crippen LogP contribution >= 0.6 is 0 Å². The van der Waals surface area contributed by atoms with Gasteiger partial charge in [0.25, 0.3) is 5.91 Å². The SMILES string of the molecule is C=CCN(C(=O)[C@@H]1N([C@H](CO)c2ccccc2)C(=O)[C@H]2[C@H](C(=O)O)[C@@H]3CC[C@]12O3)c1ccc2ccccc2c1. The van der Waals surface area contributed by atoms with Crippen LogP contribution in [0.15, 0.2) is 85.5 Å². The molecule has 3 heterocycles. The molecule has 3 aliphatic rings. The third-order valence-corrected chi connectivity index (χ3v) is 8.57. The minimum absolute atomic E-state index is 0.178. The van der Waals surface area contributed by atoms with Crippen LogP contribution in [0.25, 0.3) is 10.8 Å². The normalized spacial score (nSPS) is 27.9. The molecule has 3 aliphatic heterocycles. The van der Waals surface area contributed by atoms with Crippen LogP contribution in [0.1, 0.15) is 24.4 Å². The van der Waals surface area contributed by atoms with Gasteiger partial charge in [-0.2, -0.15) is 0 Å². The summed E-state index contributed by atoms with van der Waals surface area (Å²) in [6, 6.07) is 20.6. The largest absolute Gasteiger partial charge is 0.481 e. The monoisotopic (exact) mass is 526 g/mol. The number of aliphatic hydroxyl groups excluding tert-OH is 1. The van der Waals surface area contributed by atoms with Crippen LogP contribution in [0.5, 0.6) is 0 Å². The fourth-order valence-electron chi connectivity index (χ4n) is 6.96. The number of aliphatic carboxylic acids is 1. The van der Waals surface area contributed by atoms with E-state index >= 15 is 0 Å². The summed E-state index contributed by atoms with van der Waals surface area (Å²) in [6.45, 7) is 3.60. The average molecular weight is 527 g/mol. The molecular weight excluding hydrogens is 496 g/mol. The van der Waals surface area contributed by atoms with Gasteiger partial charge in [0.2, 0.25) is 5.91 Å². The quantitative estimate of drug-likeness (QED) is 0.435. The molecule has 8 heteroatoms. The van der Waals surface area contributed by atoms with Crippen LogP contribution in [0.4, 0.5) is 5.69 Å². The first kappa shape index (κ1) is 25.3. The zero-order valence-corrected chi connectivity index (χ0v) is 21.3. The van der Waals surface area contributed by atoms with Crippen molar-refractivity contribution >= 4 is 34.2 Å². The molecule has 3 fully saturated rings. The van der Waals surface area contributed by atoms with Gasteiger partial charge in [-0.05, 0) is 41.3 Å². The molecule has 2 bridgehead atoms. The molecule has 6 atom stereocenters. The Balaban J connectivity index is 1.49. The Labute approximate surface area is 226 Å². The summed E-state index contributed by atoms with van der Waals surface area (Å²) in [5, 5.41) is 22.6. The zero-order valence-electron chi connectivity index (χ0n) is 21.3. The van der Waals surface area contributed by atoms with Gasteiger partial charge in [0.15, 0.2) is 0 Å². The molecule has 39 heavy (non-hydrogen) atoms. The topological polar surface area (TPSA) is 107 Å². The molecule has 0 saturated carbocycles. The summed E-state index contributed by atoms with van der Waals surface area (Å²) in [5.74, 6) is -4.02. The second kappa shape index (κ2) is 9.63. The van der Waals surface area contributed by atoms with E-state index in [1.54, 1.807) is 35.2 Å². The predicted octanol–water partition coefficient (Wildman–Crippen LogP) is 3.55. The Morgan fingerprint density at radius 3 is 2.51 bits per heavy atom. The molecule has 3 aromatic rings. The summed E-state index contributed by atoms with van der Waals surface area (Å²) in [6.07, 6.45) is 1.83. The van der Waals surface area contributed by atoms with Crippen molar-refractivity contribution in [2.75, 3.05) is 18.1 Å². The van der Waals surface area contributed by atoms with Crippen molar-refractivity contribution in [3.8, 4) is 0 Å². The van der Waals surface area contributed by atoms with Gasteiger partial charge in [-0.25, -0.2) is 0 Å². The highest BCUT2D eigenvalue weighted by molar-refractivity contribution is 6.05. The molecule has 200 valence electrons. The molecule has 3 aromatic carbocycles. The number of carbonyl (C=O) groups excluding carboxylic acids is 2. The van der Waals surface area contributed by atoms with Crippen LogP contribution in [0.2, 0.25) is 0 Å². The Hall–Kier alpha value is -4.01. The number of rotatable bonds is 8. The predicted molar refractivity (Wildman–Crippen MR) is 145 cm³/mol. The molecule has 6 rings (SSSR count). The number of benzene rings is 3. The number of hydrogen-bond acceptors (Lipinski definition) is 5. The highest BCUT2D eigenvalue weighted by Crippen LogP contribution is 2.60. The summed E-state index contributed by atoms with van der Waals surface area (Å²) in [7, 11) is 0. The molecule has 2 N–H and O–H groups in total. The van der Waals surface area contributed by atoms with Gasteiger partial charge < -0.3 is 24.7 Å². The summed E-state index contributed by atoms with van der Waals surface area (Å²) in [4.78, 5) is 44.1. The Kier molecular flexibility index (Phi) is 6.24. The van der Waals surface area contributed by atoms with Crippen LogP contribution < -0.4 is 4.90 Å².